The van der Waals surface area contributed by atoms with Gasteiger partial charge in [-0.05, 0) is 48.3 Å². The smallest absolute Gasteiger partial charge is 0.228 e. The first-order chi connectivity index (χ1) is 16.6. The maximum Gasteiger partial charge on any atom is 0.228 e. The average molecular weight is 455 g/mol. The van der Waals surface area contributed by atoms with Crippen molar-refractivity contribution in [3.8, 4) is 5.75 Å². The Balaban J connectivity index is 1.30. The molecule has 0 spiro atoms. The summed E-state index contributed by atoms with van der Waals surface area (Å²) >= 11 is 0. The summed E-state index contributed by atoms with van der Waals surface area (Å²) in [4.78, 5) is 16.5. The van der Waals surface area contributed by atoms with Gasteiger partial charge in [0.1, 0.15) is 12.8 Å². The van der Waals surface area contributed by atoms with Crippen molar-refractivity contribution in [2.45, 2.75) is 32.6 Å². The minimum absolute atomic E-state index is 0.0288. The summed E-state index contributed by atoms with van der Waals surface area (Å²) in [7, 11) is 2.08. The summed E-state index contributed by atoms with van der Waals surface area (Å²) < 4.78 is 8.34. The van der Waals surface area contributed by atoms with Crippen molar-refractivity contribution >= 4 is 29.6 Å². The molecule has 1 unspecified atom stereocenters. The van der Waals surface area contributed by atoms with Gasteiger partial charge in [0.2, 0.25) is 5.91 Å². The van der Waals surface area contributed by atoms with Gasteiger partial charge < -0.3 is 10.1 Å². The zero-order valence-electron chi connectivity index (χ0n) is 19.9. The molecule has 1 atom stereocenters. The van der Waals surface area contributed by atoms with E-state index in [-0.39, 0.29) is 5.91 Å². The molecule has 0 aromatic heterocycles. The van der Waals surface area contributed by atoms with Crippen LogP contribution in [0.5, 0.6) is 5.75 Å². The number of hydrogen-bond donors (Lipinski definition) is 1. The molecule has 1 N–H and O–H groups in total. The lowest BCUT2D eigenvalue weighted by Gasteiger charge is -2.14. The Labute approximate surface area is 201 Å². The monoisotopic (exact) mass is 454 g/mol. The molecule has 34 heavy (non-hydrogen) atoms. The van der Waals surface area contributed by atoms with Gasteiger partial charge >= 0.3 is 0 Å². The molecule has 2 aliphatic heterocycles. The van der Waals surface area contributed by atoms with E-state index in [0.717, 1.165) is 41.8 Å². The molecule has 0 aliphatic carbocycles. The van der Waals surface area contributed by atoms with E-state index in [9.17, 15) is 4.79 Å². The second-order valence-electron chi connectivity index (χ2n) is 8.65. The van der Waals surface area contributed by atoms with Crippen LogP contribution in [0.15, 0.2) is 83.6 Å². The Kier molecular flexibility index (Phi) is 7.87. The molecule has 2 aromatic rings. The Morgan fingerprint density at radius 3 is 2.82 bits per heavy atom. The number of carbonyl (C=O) groups excluding carboxylic acids is 1. The van der Waals surface area contributed by atoms with Gasteiger partial charge in [0.05, 0.1) is 18.9 Å². The normalized spacial score (nSPS) is 17.0. The van der Waals surface area contributed by atoms with E-state index in [1.807, 2.05) is 48.6 Å². The molecule has 1 amide bonds. The van der Waals surface area contributed by atoms with Crippen LogP contribution in [0.1, 0.15) is 37.3 Å². The number of benzene rings is 2. The maximum atomic E-state index is 12.4. The van der Waals surface area contributed by atoms with Gasteiger partial charge in [-0.25, -0.2) is 4.58 Å². The van der Waals surface area contributed by atoms with Crippen molar-refractivity contribution in [2.75, 3.05) is 19.0 Å². The maximum absolute atomic E-state index is 12.4. The van der Waals surface area contributed by atoms with Crippen LogP contribution in [0, 0.1) is 5.92 Å². The fourth-order valence-electron chi connectivity index (χ4n) is 4.24. The van der Waals surface area contributed by atoms with E-state index < -0.39 is 0 Å². The number of ether oxygens (including phenoxy) is 1. The fourth-order valence-corrected chi connectivity index (χ4v) is 4.24. The largest absolute Gasteiger partial charge is 0.493 e. The SMILES string of the molecule is CCC1C=[N+](C)C=C1c1ccccc1OCCc1ccc(NC(=O)CC2=CN=CC=CC2)cc1. The molecule has 0 saturated carbocycles. The first kappa shape index (κ1) is 23.4. The Hall–Kier alpha value is -3.73. The van der Waals surface area contributed by atoms with E-state index in [4.69, 9.17) is 4.74 Å². The van der Waals surface area contributed by atoms with Crippen LogP contribution >= 0.6 is 0 Å². The van der Waals surface area contributed by atoms with E-state index in [1.54, 1.807) is 12.4 Å². The van der Waals surface area contributed by atoms with E-state index >= 15 is 0 Å². The molecule has 0 bridgehead atoms. The van der Waals surface area contributed by atoms with Gasteiger partial charge in [0.15, 0.2) is 12.4 Å². The van der Waals surface area contributed by atoms with Crippen LogP contribution in [-0.2, 0) is 11.2 Å². The highest BCUT2D eigenvalue weighted by Crippen LogP contribution is 2.34. The van der Waals surface area contributed by atoms with Crippen molar-refractivity contribution in [3.63, 3.8) is 0 Å². The van der Waals surface area contributed by atoms with Crippen molar-refractivity contribution < 1.29 is 14.1 Å². The topological polar surface area (TPSA) is 53.7 Å². The second kappa shape index (κ2) is 11.4. The van der Waals surface area contributed by atoms with Gasteiger partial charge in [-0.3, -0.25) is 9.79 Å². The van der Waals surface area contributed by atoms with E-state index in [1.165, 1.54) is 11.1 Å². The standard InChI is InChI=1S/C29H31N3O2/c1-3-24-20-32(2)21-27(24)26-9-4-5-10-28(26)34-17-15-22-11-13-25(14-12-22)31-29(33)18-23-8-6-7-16-30-19-23/h4-7,9-14,16,19-21,24H,3,8,15,17-18H2,1-2H3/p+1. The lowest BCUT2D eigenvalue weighted by atomic mass is 9.93. The first-order valence-corrected chi connectivity index (χ1v) is 11.9. The average Bonchev–Trinajstić information content (AvgIpc) is 3.03. The number of anilines is 1. The number of allylic oxidation sites excluding steroid dienone is 3. The number of nitrogens with one attached hydrogen (secondary N) is 1. The zero-order chi connectivity index (χ0) is 23.8. The summed E-state index contributed by atoms with van der Waals surface area (Å²) in [6.45, 7) is 2.80. The summed E-state index contributed by atoms with van der Waals surface area (Å²) in [6, 6.07) is 16.2. The van der Waals surface area contributed by atoms with Crippen molar-refractivity contribution in [1.82, 2.24) is 0 Å². The van der Waals surface area contributed by atoms with Crippen molar-refractivity contribution in [2.24, 2.45) is 10.9 Å². The Bertz CT molecular complexity index is 1170. The predicted octanol–water partition coefficient (Wildman–Crippen LogP) is 5.65. The highest BCUT2D eigenvalue weighted by molar-refractivity contribution is 5.92. The van der Waals surface area contributed by atoms with Crippen LogP contribution in [0.2, 0.25) is 0 Å². The number of hydrogen-bond acceptors (Lipinski definition) is 3. The van der Waals surface area contributed by atoms with Crippen LogP contribution in [0.4, 0.5) is 5.69 Å². The third kappa shape index (κ3) is 6.19. The van der Waals surface area contributed by atoms with Crippen molar-refractivity contribution in [3.05, 3.63) is 89.8 Å². The van der Waals surface area contributed by atoms with E-state index in [2.05, 4.69) is 53.4 Å². The molecule has 0 saturated heterocycles. The highest BCUT2D eigenvalue weighted by atomic mass is 16.5. The van der Waals surface area contributed by atoms with Gasteiger partial charge in [-0.1, -0.05) is 43.3 Å². The molecular formula is C29H32N3O2+. The number of rotatable bonds is 9. The molecule has 2 aliphatic rings. The molecule has 4 rings (SSSR count). The summed E-state index contributed by atoms with van der Waals surface area (Å²) in [6.07, 6.45) is 14.8. The molecule has 2 aromatic carbocycles. The molecule has 5 heteroatoms. The highest BCUT2D eigenvalue weighted by Gasteiger charge is 2.25. The first-order valence-electron chi connectivity index (χ1n) is 11.9. The van der Waals surface area contributed by atoms with Gasteiger partial charge in [0, 0.05) is 35.7 Å². The number of amides is 1. The van der Waals surface area contributed by atoms with Crippen molar-refractivity contribution in [1.29, 1.82) is 0 Å². The van der Waals surface area contributed by atoms with E-state index in [0.29, 0.717) is 18.9 Å². The van der Waals surface area contributed by atoms with Gasteiger partial charge in [-0.15, -0.1) is 0 Å². The molecule has 0 radical (unpaired) electrons. The molecule has 2 heterocycles. The van der Waals surface area contributed by atoms with Crippen LogP contribution in [-0.4, -0.2) is 36.6 Å². The quantitative estimate of drug-likeness (QED) is 0.498. The molecule has 0 fully saturated rings. The minimum atomic E-state index is -0.0288. The van der Waals surface area contributed by atoms with Crippen LogP contribution in [0.25, 0.3) is 5.57 Å². The molecule has 5 nitrogen and oxygen atoms in total. The summed E-state index contributed by atoms with van der Waals surface area (Å²) in [5.74, 6) is 1.31. The van der Waals surface area contributed by atoms with Crippen LogP contribution < -0.4 is 10.1 Å². The number of para-hydroxylation sites is 1. The Morgan fingerprint density at radius 1 is 1.18 bits per heavy atom. The lowest BCUT2D eigenvalue weighted by molar-refractivity contribution is -0.413. The zero-order valence-corrected chi connectivity index (χ0v) is 19.9. The number of carbonyl (C=O) groups is 1. The fraction of sp³-hybridized carbons (Fsp3) is 0.276. The third-order valence-corrected chi connectivity index (χ3v) is 6.01. The van der Waals surface area contributed by atoms with Gasteiger partial charge in [-0.2, -0.15) is 0 Å². The summed E-state index contributed by atoms with van der Waals surface area (Å²) in [5.41, 5.74) is 5.44. The summed E-state index contributed by atoms with van der Waals surface area (Å²) in [5, 5.41) is 2.97. The number of nitrogens with zero attached hydrogens (tertiary/aromatic N) is 2. The predicted molar refractivity (Wildman–Crippen MR) is 140 cm³/mol. The number of aliphatic imine (C=N–C) groups is 1. The second-order valence-corrected chi connectivity index (χ2v) is 8.65. The Morgan fingerprint density at radius 2 is 2.00 bits per heavy atom. The third-order valence-electron chi connectivity index (χ3n) is 6.01. The van der Waals surface area contributed by atoms with Gasteiger partial charge in [0.25, 0.3) is 0 Å². The lowest BCUT2D eigenvalue weighted by Crippen LogP contribution is -2.12. The minimum Gasteiger partial charge on any atom is -0.493 e. The molecular weight excluding hydrogens is 422 g/mol. The van der Waals surface area contributed by atoms with Crippen LogP contribution in [0.3, 0.4) is 0 Å². The molecule has 174 valence electrons.